The zero-order valence-corrected chi connectivity index (χ0v) is 9.64. The van der Waals surface area contributed by atoms with Gasteiger partial charge in [0.1, 0.15) is 3.70 Å². The number of hydrogen-bond acceptors (Lipinski definition) is 1. The number of hydrogen-bond donors (Lipinski definition) is 0. The quantitative estimate of drug-likeness (QED) is 0.453. The van der Waals surface area contributed by atoms with Crippen molar-refractivity contribution in [3.8, 4) is 0 Å². The third kappa shape index (κ3) is 2.12. The minimum absolute atomic E-state index is 0.0614. The van der Waals surface area contributed by atoms with E-state index in [9.17, 15) is 8.78 Å². The predicted molar refractivity (Wildman–Crippen MR) is 54.5 cm³/mol. The fourth-order valence-corrected chi connectivity index (χ4v) is 2.59. The van der Waals surface area contributed by atoms with Gasteiger partial charge in [0.2, 0.25) is 0 Å². The molecule has 0 spiro atoms. The Kier molecular flexibility index (Phi) is 3.82. The molecule has 0 radical (unpaired) electrons. The summed E-state index contributed by atoms with van der Waals surface area (Å²) in [6.07, 6.45) is -1.02. The predicted octanol–water partition coefficient (Wildman–Crippen LogP) is 3.52. The van der Waals surface area contributed by atoms with Gasteiger partial charge in [-0.1, -0.05) is 15.9 Å². The van der Waals surface area contributed by atoms with Crippen LogP contribution in [0.25, 0.3) is 0 Å². The highest BCUT2D eigenvalue weighted by Gasteiger charge is 2.14. The molecule has 0 aliphatic rings. The van der Waals surface area contributed by atoms with E-state index in [1.165, 1.54) is 12.3 Å². The first-order valence-corrected chi connectivity index (χ1v) is 5.34. The molecule has 0 aromatic carbocycles. The molecule has 0 aliphatic carbocycles. The molecule has 0 saturated heterocycles. The highest BCUT2D eigenvalue weighted by Crippen LogP contribution is 2.26. The van der Waals surface area contributed by atoms with Crippen molar-refractivity contribution in [3.63, 3.8) is 0 Å². The first-order valence-electron chi connectivity index (χ1n) is 3.14. The van der Waals surface area contributed by atoms with E-state index < -0.39 is 6.43 Å². The fraction of sp³-hybridized carbons (Fsp3) is 0.286. The van der Waals surface area contributed by atoms with E-state index in [0.29, 0.717) is 14.6 Å². The lowest BCUT2D eigenvalue weighted by Crippen LogP contribution is -1.97. The lowest BCUT2D eigenvalue weighted by molar-refractivity contribution is 0.150. The Hall–Kier alpha value is 0.220. The van der Waals surface area contributed by atoms with Crippen molar-refractivity contribution in [1.29, 1.82) is 0 Å². The molecule has 5 heteroatoms. The highest BCUT2D eigenvalue weighted by molar-refractivity contribution is 14.1. The van der Waals surface area contributed by atoms with Gasteiger partial charge in [-0.15, -0.1) is 0 Å². The normalized spacial score (nSPS) is 10.8. The summed E-state index contributed by atoms with van der Waals surface area (Å²) in [6, 6.07) is 1.35. The van der Waals surface area contributed by atoms with Gasteiger partial charge in [0, 0.05) is 22.7 Å². The van der Waals surface area contributed by atoms with Crippen LogP contribution in [0.4, 0.5) is 8.78 Å². The molecule has 0 saturated carbocycles. The summed E-state index contributed by atoms with van der Waals surface area (Å²) >= 11 is 5.09. The van der Waals surface area contributed by atoms with Gasteiger partial charge in [0.05, 0.1) is 0 Å². The van der Waals surface area contributed by atoms with Gasteiger partial charge in [-0.05, 0) is 28.7 Å². The Morgan fingerprint density at radius 2 is 2.25 bits per heavy atom. The number of alkyl halides is 3. The zero-order valence-electron chi connectivity index (χ0n) is 5.90. The van der Waals surface area contributed by atoms with Crippen LogP contribution in [0, 0.1) is 3.70 Å². The molecule has 1 nitrogen and oxygen atoms in total. The van der Waals surface area contributed by atoms with Crippen molar-refractivity contribution >= 4 is 38.5 Å². The average Bonchev–Trinajstić information content (AvgIpc) is 2.03. The molecule has 0 amide bonds. The van der Waals surface area contributed by atoms with Crippen molar-refractivity contribution in [2.75, 3.05) is 0 Å². The van der Waals surface area contributed by atoms with E-state index in [1.807, 2.05) is 22.6 Å². The summed E-state index contributed by atoms with van der Waals surface area (Å²) in [5.41, 5.74) is 0.638. The van der Waals surface area contributed by atoms with Crippen molar-refractivity contribution in [3.05, 3.63) is 27.1 Å². The lowest BCUT2D eigenvalue weighted by Gasteiger charge is -2.06. The van der Waals surface area contributed by atoms with Crippen LogP contribution in [0.1, 0.15) is 17.6 Å². The van der Waals surface area contributed by atoms with Crippen LogP contribution in [0.5, 0.6) is 0 Å². The highest BCUT2D eigenvalue weighted by atomic mass is 127. The maximum atomic E-state index is 12.3. The molecule has 0 bridgehead atoms. The molecule has 1 heterocycles. The Labute approximate surface area is 90.8 Å². The van der Waals surface area contributed by atoms with Crippen molar-refractivity contribution in [2.45, 2.75) is 11.8 Å². The molecule has 1 aromatic rings. The average molecular weight is 348 g/mol. The van der Waals surface area contributed by atoms with Crippen molar-refractivity contribution < 1.29 is 8.78 Å². The molecule has 0 atom stereocenters. The van der Waals surface area contributed by atoms with Crippen molar-refractivity contribution in [2.24, 2.45) is 0 Å². The summed E-state index contributed by atoms with van der Waals surface area (Å²) in [7, 11) is 0. The number of aromatic nitrogens is 1. The largest absolute Gasteiger partial charge is 0.264 e. The molecular weight excluding hydrogens is 343 g/mol. The number of halogens is 4. The van der Waals surface area contributed by atoms with Crippen LogP contribution in [0.15, 0.2) is 12.3 Å². The van der Waals surface area contributed by atoms with Gasteiger partial charge in [-0.3, -0.25) is 0 Å². The SMILES string of the molecule is FC(F)c1ccnc(I)c1CBr. The van der Waals surface area contributed by atoms with Crippen LogP contribution >= 0.6 is 38.5 Å². The summed E-state index contributed by atoms with van der Waals surface area (Å²) < 4.78 is 25.3. The van der Waals surface area contributed by atoms with Crippen LogP contribution in [-0.2, 0) is 5.33 Å². The second-order valence-electron chi connectivity index (χ2n) is 2.10. The first-order chi connectivity index (χ1) is 5.66. The van der Waals surface area contributed by atoms with Gasteiger partial charge < -0.3 is 0 Å². The lowest BCUT2D eigenvalue weighted by atomic mass is 10.2. The second-order valence-corrected chi connectivity index (χ2v) is 3.69. The monoisotopic (exact) mass is 347 g/mol. The number of nitrogens with zero attached hydrogens (tertiary/aromatic N) is 1. The molecule has 0 fully saturated rings. The van der Waals surface area contributed by atoms with E-state index in [2.05, 4.69) is 20.9 Å². The zero-order chi connectivity index (χ0) is 9.14. The Balaban J connectivity index is 3.18. The van der Waals surface area contributed by atoms with Crippen LogP contribution in [0.3, 0.4) is 0 Å². The molecule has 0 N–H and O–H groups in total. The van der Waals surface area contributed by atoms with Crippen molar-refractivity contribution in [1.82, 2.24) is 4.98 Å². The Morgan fingerprint density at radius 3 is 2.67 bits per heavy atom. The maximum absolute atomic E-state index is 12.3. The third-order valence-electron chi connectivity index (χ3n) is 1.41. The molecule has 12 heavy (non-hydrogen) atoms. The van der Waals surface area contributed by atoms with Gasteiger partial charge in [-0.2, -0.15) is 0 Å². The molecule has 0 aliphatic heterocycles. The Bertz CT molecular complexity index is 280. The Morgan fingerprint density at radius 1 is 1.58 bits per heavy atom. The van der Waals surface area contributed by atoms with E-state index in [4.69, 9.17) is 0 Å². The van der Waals surface area contributed by atoms with E-state index in [0.717, 1.165) is 0 Å². The molecule has 1 rings (SSSR count). The molecule has 1 aromatic heterocycles. The summed E-state index contributed by atoms with van der Waals surface area (Å²) in [6.45, 7) is 0. The van der Waals surface area contributed by atoms with Crippen LogP contribution < -0.4 is 0 Å². The van der Waals surface area contributed by atoms with E-state index in [-0.39, 0.29) is 5.56 Å². The summed E-state index contributed by atoms with van der Waals surface area (Å²) in [5, 5.41) is 0.415. The van der Waals surface area contributed by atoms with Gasteiger partial charge in [0.25, 0.3) is 6.43 Å². The smallest absolute Gasteiger partial charge is 0.250 e. The van der Waals surface area contributed by atoms with Gasteiger partial charge in [0.15, 0.2) is 0 Å². The fourth-order valence-electron chi connectivity index (χ4n) is 0.817. The molecular formula is C7H5BrF2IN. The topological polar surface area (TPSA) is 12.9 Å². The van der Waals surface area contributed by atoms with E-state index in [1.54, 1.807) is 0 Å². The molecule has 66 valence electrons. The molecule has 0 unspecified atom stereocenters. The van der Waals surface area contributed by atoms with Crippen LogP contribution in [-0.4, -0.2) is 4.98 Å². The second kappa shape index (κ2) is 4.45. The summed E-state index contributed by atoms with van der Waals surface area (Å²) in [5.74, 6) is 0. The maximum Gasteiger partial charge on any atom is 0.264 e. The minimum Gasteiger partial charge on any atom is -0.250 e. The summed E-state index contributed by atoms with van der Waals surface area (Å²) in [4.78, 5) is 3.92. The third-order valence-corrected chi connectivity index (χ3v) is 2.90. The minimum atomic E-state index is -2.42. The van der Waals surface area contributed by atoms with Gasteiger partial charge in [-0.25, -0.2) is 13.8 Å². The number of pyridine rings is 1. The van der Waals surface area contributed by atoms with E-state index >= 15 is 0 Å². The standard InChI is InChI=1S/C7H5BrF2IN/c8-3-5-4(6(9)10)1-2-12-7(5)11/h1-2,6H,3H2. The van der Waals surface area contributed by atoms with Gasteiger partial charge >= 0.3 is 0 Å². The number of rotatable bonds is 2. The van der Waals surface area contributed by atoms with Crippen LogP contribution in [0.2, 0.25) is 0 Å². The first kappa shape index (κ1) is 10.3.